The molecule has 1 aliphatic rings. The van der Waals surface area contributed by atoms with Crippen molar-refractivity contribution in [2.45, 2.75) is 32.6 Å². The van der Waals surface area contributed by atoms with E-state index in [4.69, 9.17) is 0 Å². The van der Waals surface area contributed by atoms with Gasteiger partial charge in [0.25, 0.3) is 0 Å². The van der Waals surface area contributed by atoms with Gasteiger partial charge in [-0.15, -0.1) is 0 Å². The zero-order valence-corrected chi connectivity index (χ0v) is 11.7. The number of aromatic nitrogens is 2. The molecule has 3 nitrogen and oxygen atoms in total. The van der Waals surface area contributed by atoms with Crippen LogP contribution in [0.2, 0.25) is 0 Å². The van der Waals surface area contributed by atoms with Crippen LogP contribution in [0.4, 0.5) is 0 Å². The number of imidazole rings is 1. The Morgan fingerprint density at radius 2 is 2.21 bits per heavy atom. The fourth-order valence-electron chi connectivity index (χ4n) is 2.91. The van der Waals surface area contributed by atoms with E-state index in [1.165, 1.54) is 35.3 Å². The van der Waals surface area contributed by atoms with Crippen LogP contribution in [0.5, 0.6) is 0 Å². The van der Waals surface area contributed by atoms with Crippen LogP contribution in [0.25, 0.3) is 5.69 Å². The lowest BCUT2D eigenvalue weighted by Gasteiger charge is -2.24. The third-order valence-corrected chi connectivity index (χ3v) is 4.22. The van der Waals surface area contributed by atoms with Crippen LogP contribution < -0.4 is 5.32 Å². The van der Waals surface area contributed by atoms with Gasteiger partial charge in [0.1, 0.15) is 0 Å². The summed E-state index contributed by atoms with van der Waals surface area (Å²) in [6.45, 7) is 6.57. The summed E-state index contributed by atoms with van der Waals surface area (Å²) in [5.74, 6) is 0.580. The Balaban J connectivity index is 2.01. The first-order valence-corrected chi connectivity index (χ1v) is 7.07. The minimum atomic E-state index is 0.580. The number of nitrogens with zero attached hydrogens (tertiary/aromatic N) is 2. The van der Waals surface area contributed by atoms with Crippen molar-refractivity contribution in [3.8, 4) is 5.69 Å². The van der Waals surface area contributed by atoms with E-state index < -0.39 is 0 Å². The molecule has 0 spiro atoms. The van der Waals surface area contributed by atoms with Gasteiger partial charge < -0.3 is 9.88 Å². The molecule has 3 heteroatoms. The highest BCUT2D eigenvalue weighted by Crippen LogP contribution is 2.27. The monoisotopic (exact) mass is 255 g/mol. The van der Waals surface area contributed by atoms with Gasteiger partial charge in [-0.25, -0.2) is 4.98 Å². The van der Waals surface area contributed by atoms with Gasteiger partial charge in [0.05, 0.1) is 6.33 Å². The number of hydrogen-bond acceptors (Lipinski definition) is 2. The van der Waals surface area contributed by atoms with E-state index in [0.29, 0.717) is 5.92 Å². The molecule has 1 aromatic heterocycles. The van der Waals surface area contributed by atoms with Crippen LogP contribution >= 0.6 is 0 Å². The summed E-state index contributed by atoms with van der Waals surface area (Å²) in [6, 6.07) is 6.47. The molecule has 100 valence electrons. The second-order valence-electron chi connectivity index (χ2n) is 5.45. The minimum absolute atomic E-state index is 0.580. The Labute approximate surface area is 114 Å². The molecule has 0 amide bonds. The van der Waals surface area contributed by atoms with E-state index in [2.05, 4.69) is 46.9 Å². The molecule has 1 atom stereocenters. The van der Waals surface area contributed by atoms with E-state index in [-0.39, 0.29) is 0 Å². The first-order valence-electron chi connectivity index (χ1n) is 7.07. The van der Waals surface area contributed by atoms with Crippen LogP contribution in [-0.4, -0.2) is 22.6 Å². The number of hydrogen-bond donors (Lipinski definition) is 1. The minimum Gasteiger partial charge on any atom is -0.316 e. The normalized spacial score (nSPS) is 19.6. The molecule has 0 bridgehead atoms. The topological polar surface area (TPSA) is 29.9 Å². The van der Waals surface area contributed by atoms with Gasteiger partial charge in [0.2, 0.25) is 0 Å². The van der Waals surface area contributed by atoms with Crippen molar-refractivity contribution in [3.05, 3.63) is 47.5 Å². The zero-order valence-electron chi connectivity index (χ0n) is 11.7. The molecule has 1 aliphatic heterocycles. The Morgan fingerprint density at radius 3 is 3.00 bits per heavy atom. The Bertz CT molecular complexity index is 565. The van der Waals surface area contributed by atoms with Gasteiger partial charge in [-0.05, 0) is 50.4 Å². The summed E-state index contributed by atoms with van der Waals surface area (Å²) in [6.07, 6.45) is 6.48. The van der Waals surface area contributed by atoms with Crippen LogP contribution in [0.15, 0.2) is 30.7 Å². The molecule has 1 saturated heterocycles. The smallest absolute Gasteiger partial charge is 0.0994 e. The molecule has 0 saturated carbocycles. The Morgan fingerprint density at radius 1 is 1.32 bits per heavy atom. The molecular formula is C16H21N3. The van der Waals surface area contributed by atoms with Crippen LogP contribution in [0.1, 0.15) is 35.6 Å². The van der Waals surface area contributed by atoms with Gasteiger partial charge in [-0.1, -0.05) is 12.1 Å². The van der Waals surface area contributed by atoms with Gasteiger partial charge in [-0.3, -0.25) is 0 Å². The van der Waals surface area contributed by atoms with Crippen LogP contribution in [-0.2, 0) is 0 Å². The van der Waals surface area contributed by atoms with Crippen LogP contribution in [0.3, 0.4) is 0 Å². The van der Waals surface area contributed by atoms with Gasteiger partial charge in [-0.2, -0.15) is 0 Å². The first-order chi connectivity index (χ1) is 9.27. The highest BCUT2D eigenvalue weighted by molar-refractivity contribution is 5.46. The molecule has 0 aliphatic carbocycles. The number of nitrogens with one attached hydrogen (secondary N) is 1. The summed E-state index contributed by atoms with van der Waals surface area (Å²) in [7, 11) is 0. The number of piperidine rings is 1. The van der Waals surface area contributed by atoms with Gasteiger partial charge >= 0.3 is 0 Å². The summed E-state index contributed by atoms with van der Waals surface area (Å²) in [5, 5.41) is 3.49. The largest absolute Gasteiger partial charge is 0.316 e. The average Bonchev–Trinajstić information content (AvgIpc) is 2.92. The fraction of sp³-hybridized carbons (Fsp3) is 0.438. The maximum absolute atomic E-state index is 4.38. The molecule has 2 heterocycles. The summed E-state index contributed by atoms with van der Waals surface area (Å²) in [5.41, 5.74) is 5.27. The van der Waals surface area contributed by atoms with Crippen LogP contribution in [0, 0.1) is 13.8 Å². The molecule has 1 aromatic carbocycles. The molecule has 1 N–H and O–H groups in total. The van der Waals surface area contributed by atoms with E-state index in [9.17, 15) is 0 Å². The number of aryl methyl sites for hydroxylation is 1. The predicted octanol–water partition coefficient (Wildman–Crippen LogP) is 2.96. The van der Waals surface area contributed by atoms with Crippen molar-refractivity contribution >= 4 is 0 Å². The van der Waals surface area contributed by atoms with Gasteiger partial charge in [0, 0.05) is 30.0 Å². The van der Waals surface area contributed by atoms with E-state index in [1.54, 1.807) is 0 Å². The third-order valence-electron chi connectivity index (χ3n) is 4.22. The molecule has 19 heavy (non-hydrogen) atoms. The summed E-state index contributed by atoms with van der Waals surface area (Å²) >= 11 is 0. The Hall–Kier alpha value is -1.61. The van der Waals surface area contributed by atoms with E-state index in [1.807, 2.05) is 12.5 Å². The lowest BCUT2D eigenvalue weighted by atomic mass is 9.96. The first kappa shape index (κ1) is 12.4. The molecule has 1 unspecified atom stereocenters. The van der Waals surface area contributed by atoms with E-state index in [0.717, 1.165) is 13.1 Å². The van der Waals surface area contributed by atoms with Crippen molar-refractivity contribution in [2.24, 2.45) is 0 Å². The van der Waals surface area contributed by atoms with Crippen molar-refractivity contribution in [1.29, 1.82) is 0 Å². The molecule has 1 fully saturated rings. The standard InChI is InChI=1S/C16H21N3/c1-12-5-3-7-15(13(12)2)19-11-18-10-16(19)14-6-4-8-17-9-14/h3,5,7,10-11,14,17H,4,6,8-9H2,1-2H3. The highest BCUT2D eigenvalue weighted by atomic mass is 15.1. The zero-order chi connectivity index (χ0) is 13.2. The Kier molecular flexibility index (Phi) is 3.38. The number of rotatable bonds is 2. The summed E-state index contributed by atoms with van der Waals surface area (Å²) in [4.78, 5) is 4.38. The number of benzene rings is 1. The lowest BCUT2D eigenvalue weighted by molar-refractivity contribution is 0.451. The molecule has 2 aromatic rings. The second-order valence-corrected chi connectivity index (χ2v) is 5.45. The SMILES string of the molecule is Cc1cccc(-n2cncc2C2CCCNC2)c1C. The quantitative estimate of drug-likeness (QED) is 0.894. The fourth-order valence-corrected chi connectivity index (χ4v) is 2.91. The molecule has 0 radical (unpaired) electrons. The van der Waals surface area contributed by atoms with Crippen molar-refractivity contribution in [1.82, 2.24) is 14.9 Å². The summed E-state index contributed by atoms with van der Waals surface area (Å²) < 4.78 is 2.26. The van der Waals surface area contributed by atoms with E-state index >= 15 is 0 Å². The molecular weight excluding hydrogens is 234 g/mol. The predicted molar refractivity (Wildman–Crippen MR) is 77.9 cm³/mol. The van der Waals surface area contributed by atoms with Crippen molar-refractivity contribution in [2.75, 3.05) is 13.1 Å². The average molecular weight is 255 g/mol. The molecule has 3 rings (SSSR count). The van der Waals surface area contributed by atoms with Crippen molar-refractivity contribution in [3.63, 3.8) is 0 Å². The van der Waals surface area contributed by atoms with Gasteiger partial charge in [0.15, 0.2) is 0 Å². The third kappa shape index (κ3) is 2.30. The maximum Gasteiger partial charge on any atom is 0.0994 e. The second kappa shape index (κ2) is 5.17. The lowest BCUT2D eigenvalue weighted by Crippen LogP contribution is -2.29. The highest BCUT2D eigenvalue weighted by Gasteiger charge is 2.19. The maximum atomic E-state index is 4.38. The van der Waals surface area contributed by atoms with Crippen molar-refractivity contribution < 1.29 is 0 Å².